The number of amides is 2. The number of thioether (sulfide) groups is 1. The van der Waals surface area contributed by atoms with Gasteiger partial charge in [0.05, 0.1) is 5.56 Å². The minimum atomic E-state index is -0.642. The van der Waals surface area contributed by atoms with Crippen molar-refractivity contribution in [2.75, 3.05) is 18.8 Å². The standard InChI is InChI=1S/C23H28FN3O2S/c24-19-13-7-6-12-18(19)22(29)27-20(21(28)26-15-9-2-1-8-14-25)16-30-23(27)17-10-4-3-5-11-17/h3-7,10-13,20,23H,1-2,8-9,14-16,25H2,(H,26,28). The normalized spacial score (nSPS) is 18.4. The lowest BCUT2D eigenvalue weighted by Crippen LogP contribution is -2.48. The predicted molar refractivity (Wildman–Crippen MR) is 119 cm³/mol. The number of halogens is 1. The first-order chi connectivity index (χ1) is 14.6. The van der Waals surface area contributed by atoms with Crippen LogP contribution < -0.4 is 11.1 Å². The molecule has 160 valence electrons. The van der Waals surface area contributed by atoms with Gasteiger partial charge < -0.3 is 16.0 Å². The summed E-state index contributed by atoms with van der Waals surface area (Å²) < 4.78 is 14.3. The first-order valence-electron chi connectivity index (χ1n) is 10.3. The van der Waals surface area contributed by atoms with E-state index in [1.54, 1.807) is 12.1 Å². The van der Waals surface area contributed by atoms with E-state index in [0.29, 0.717) is 18.8 Å². The molecule has 7 heteroatoms. The first kappa shape index (κ1) is 22.3. The molecule has 1 saturated heterocycles. The minimum Gasteiger partial charge on any atom is -0.354 e. The number of hydrogen-bond donors (Lipinski definition) is 2. The van der Waals surface area contributed by atoms with Crippen LogP contribution in [0.2, 0.25) is 0 Å². The molecule has 2 atom stereocenters. The molecule has 0 spiro atoms. The van der Waals surface area contributed by atoms with Gasteiger partial charge >= 0.3 is 0 Å². The Hall–Kier alpha value is -2.38. The molecule has 2 aromatic carbocycles. The highest BCUT2D eigenvalue weighted by Gasteiger charge is 2.42. The summed E-state index contributed by atoms with van der Waals surface area (Å²) in [7, 11) is 0. The van der Waals surface area contributed by atoms with E-state index in [9.17, 15) is 14.0 Å². The van der Waals surface area contributed by atoms with Crippen LogP contribution in [0.1, 0.15) is 47.0 Å². The summed E-state index contributed by atoms with van der Waals surface area (Å²) in [5.41, 5.74) is 6.41. The van der Waals surface area contributed by atoms with Gasteiger partial charge in [-0.1, -0.05) is 55.3 Å². The lowest BCUT2D eigenvalue weighted by molar-refractivity contribution is -0.124. The van der Waals surface area contributed by atoms with Crippen molar-refractivity contribution in [3.8, 4) is 0 Å². The predicted octanol–water partition coefficient (Wildman–Crippen LogP) is 3.72. The second-order valence-electron chi connectivity index (χ2n) is 7.30. The quantitative estimate of drug-likeness (QED) is 0.596. The van der Waals surface area contributed by atoms with Crippen LogP contribution in [0.15, 0.2) is 54.6 Å². The summed E-state index contributed by atoms with van der Waals surface area (Å²) in [5, 5.41) is 2.62. The van der Waals surface area contributed by atoms with Crippen molar-refractivity contribution in [3.63, 3.8) is 0 Å². The molecule has 3 rings (SSSR count). The van der Waals surface area contributed by atoms with Crippen molar-refractivity contribution in [3.05, 3.63) is 71.5 Å². The lowest BCUT2D eigenvalue weighted by Gasteiger charge is -2.29. The number of rotatable bonds is 9. The smallest absolute Gasteiger partial charge is 0.258 e. The topological polar surface area (TPSA) is 75.4 Å². The SMILES string of the molecule is NCCCCCCNC(=O)C1CSC(c2ccccc2)N1C(=O)c1ccccc1F. The maximum absolute atomic E-state index is 14.3. The van der Waals surface area contributed by atoms with Gasteiger partial charge in [0.15, 0.2) is 0 Å². The van der Waals surface area contributed by atoms with E-state index in [1.807, 2.05) is 30.3 Å². The van der Waals surface area contributed by atoms with Crippen LogP contribution in [0.5, 0.6) is 0 Å². The van der Waals surface area contributed by atoms with E-state index in [2.05, 4.69) is 5.32 Å². The molecule has 0 aromatic heterocycles. The van der Waals surface area contributed by atoms with Gasteiger partial charge in [0.25, 0.3) is 5.91 Å². The minimum absolute atomic E-state index is 0.0134. The van der Waals surface area contributed by atoms with Crippen molar-refractivity contribution in [1.29, 1.82) is 0 Å². The van der Waals surface area contributed by atoms with Gasteiger partial charge in [0.1, 0.15) is 17.2 Å². The highest BCUT2D eigenvalue weighted by molar-refractivity contribution is 7.99. The lowest BCUT2D eigenvalue weighted by atomic mass is 10.1. The molecule has 30 heavy (non-hydrogen) atoms. The van der Waals surface area contributed by atoms with Gasteiger partial charge in [-0.25, -0.2) is 4.39 Å². The Morgan fingerprint density at radius 2 is 1.73 bits per heavy atom. The monoisotopic (exact) mass is 429 g/mol. The summed E-state index contributed by atoms with van der Waals surface area (Å²) in [6.07, 6.45) is 3.90. The maximum Gasteiger partial charge on any atom is 0.258 e. The largest absolute Gasteiger partial charge is 0.354 e. The van der Waals surface area contributed by atoms with Crippen LogP contribution in [-0.4, -0.2) is 41.6 Å². The van der Waals surface area contributed by atoms with Crippen molar-refractivity contribution in [1.82, 2.24) is 10.2 Å². The van der Waals surface area contributed by atoms with Gasteiger partial charge in [-0.2, -0.15) is 0 Å². The van der Waals surface area contributed by atoms with Crippen molar-refractivity contribution in [2.45, 2.75) is 37.1 Å². The van der Waals surface area contributed by atoms with E-state index >= 15 is 0 Å². The van der Waals surface area contributed by atoms with E-state index in [4.69, 9.17) is 5.73 Å². The Morgan fingerprint density at radius 1 is 1.03 bits per heavy atom. The molecule has 1 heterocycles. The van der Waals surface area contributed by atoms with E-state index in [1.165, 1.54) is 28.8 Å². The Bertz CT molecular complexity index is 849. The third-order valence-corrected chi connectivity index (χ3v) is 6.48. The number of nitrogens with two attached hydrogens (primary N) is 1. The van der Waals surface area contributed by atoms with Gasteiger partial charge in [-0.15, -0.1) is 11.8 Å². The van der Waals surface area contributed by atoms with Crippen LogP contribution in [0, 0.1) is 5.82 Å². The molecule has 1 fully saturated rings. The Morgan fingerprint density at radius 3 is 2.47 bits per heavy atom. The third-order valence-electron chi connectivity index (χ3n) is 5.16. The zero-order valence-corrected chi connectivity index (χ0v) is 17.7. The molecule has 0 saturated carbocycles. The maximum atomic E-state index is 14.3. The van der Waals surface area contributed by atoms with Gasteiger partial charge in [0, 0.05) is 12.3 Å². The van der Waals surface area contributed by atoms with Crippen LogP contribution in [-0.2, 0) is 4.79 Å². The number of benzene rings is 2. The number of nitrogens with one attached hydrogen (secondary N) is 1. The van der Waals surface area contributed by atoms with Crippen molar-refractivity contribution < 1.29 is 14.0 Å². The summed E-state index contributed by atoms with van der Waals surface area (Å²) in [4.78, 5) is 27.7. The summed E-state index contributed by atoms with van der Waals surface area (Å²) in [5.74, 6) is -0.761. The van der Waals surface area contributed by atoms with Gasteiger partial charge in [-0.3, -0.25) is 9.59 Å². The fourth-order valence-electron chi connectivity index (χ4n) is 3.56. The fraction of sp³-hybridized carbons (Fsp3) is 0.391. The summed E-state index contributed by atoms with van der Waals surface area (Å²) in [6, 6.07) is 14.8. The molecule has 2 aromatic rings. The zero-order valence-electron chi connectivity index (χ0n) is 16.9. The van der Waals surface area contributed by atoms with E-state index in [0.717, 1.165) is 31.2 Å². The summed E-state index contributed by atoms with van der Waals surface area (Å²) in [6.45, 7) is 1.24. The van der Waals surface area contributed by atoms with E-state index < -0.39 is 17.8 Å². The number of nitrogens with zero attached hydrogens (tertiary/aromatic N) is 1. The zero-order chi connectivity index (χ0) is 21.3. The number of unbranched alkanes of at least 4 members (excludes halogenated alkanes) is 3. The fourth-order valence-corrected chi connectivity index (χ4v) is 4.99. The Labute approximate surface area is 181 Å². The van der Waals surface area contributed by atoms with Gasteiger partial charge in [0.2, 0.25) is 5.91 Å². The molecular formula is C23H28FN3O2S. The average Bonchev–Trinajstić information content (AvgIpc) is 3.22. The molecule has 0 aliphatic carbocycles. The number of carbonyl (C=O) groups is 2. The second kappa shape index (κ2) is 11.1. The van der Waals surface area contributed by atoms with E-state index in [-0.39, 0.29) is 16.8 Å². The molecule has 1 aliphatic heterocycles. The number of hydrogen-bond acceptors (Lipinski definition) is 4. The van der Waals surface area contributed by atoms with Crippen LogP contribution in [0.4, 0.5) is 4.39 Å². The second-order valence-corrected chi connectivity index (χ2v) is 8.41. The molecule has 0 bridgehead atoms. The molecule has 5 nitrogen and oxygen atoms in total. The first-order valence-corrected chi connectivity index (χ1v) is 11.4. The molecule has 0 radical (unpaired) electrons. The van der Waals surface area contributed by atoms with Gasteiger partial charge in [-0.05, 0) is 37.1 Å². The van der Waals surface area contributed by atoms with Crippen LogP contribution >= 0.6 is 11.8 Å². The molecule has 2 unspecified atom stereocenters. The van der Waals surface area contributed by atoms with Crippen molar-refractivity contribution in [2.24, 2.45) is 5.73 Å². The molecule has 1 aliphatic rings. The highest BCUT2D eigenvalue weighted by Crippen LogP contribution is 2.42. The van der Waals surface area contributed by atoms with Crippen LogP contribution in [0.25, 0.3) is 0 Å². The average molecular weight is 430 g/mol. The number of carbonyl (C=O) groups excluding carboxylic acids is 2. The molecule has 3 N–H and O–H groups in total. The third kappa shape index (κ3) is 5.40. The highest BCUT2D eigenvalue weighted by atomic mass is 32.2. The Balaban J connectivity index is 1.75. The van der Waals surface area contributed by atoms with Crippen molar-refractivity contribution >= 4 is 23.6 Å². The Kier molecular flexibility index (Phi) is 8.28. The van der Waals surface area contributed by atoms with Crippen LogP contribution in [0.3, 0.4) is 0 Å². The summed E-state index contributed by atoms with van der Waals surface area (Å²) >= 11 is 1.53. The molecule has 2 amide bonds. The molecular weight excluding hydrogens is 401 g/mol.